The maximum absolute atomic E-state index is 12.7. The van der Waals surface area contributed by atoms with Crippen molar-refractivity contribution in [2.45, 2.75) is 50.4 Å². The lowest BCUT2D eigenvalue weighted by atomic mass is 9.86. The number of hydrogen-bond acceptors (Lipinski definition) is 4. The molecular weight excluding hydrogens is 346 g/mol. The summed E-state index contributed by atoms with van der Waals surface area (Å²) in [6.07, 6.45) is 6.31. The Morgan fingerprint density at radius 1 is 1.38 bits per heavy atom. The second-order valence-corrected chi connectivity index (χ2v) is 7.78. The number of hydrogen-bond donors (Lipinski definition) is 1. The summed E-state index contributed by atoms with van der Waals surface area (Å²) in [6.45, 7) is 6.30. The fourth-order valence-corrected chi connectivity index (χ4v) is 4.28. The Hall–Kier alpha value is -2.08. The zero-order chi connectivity index (χ0) is 18.5. The highest BCUT2D eigenvalue weighted by Gasteiger charge is 2.23. The van der Waals surface area contributed by atoms with Gasteiger partial charge in [-0.2, -0.15) is 0 Å². The maximum Gasteiger partial charge on any atom is 0.262 e. The van der Waals surface area contributed by atoms with E-state index in [0.717, 1.165) is 6.42 Å². The Morgan fingerprint density at radius 3 is 2.92 bits per heavy atom. The summed E-state index contributed by atoms with van der Waals surface area (Å²) in [5.41, 5.74) is 0.556. The summed E-state index contributed by atoms with van der Waals surface area (Å²) in [7, 11) is 0. The molecule has 2 aromatic rings. The summed E-state index contributed by atoms with van der Waals surface area (Å²) in [4.78, 5) is 29.7. The number of para-hydroxylation sites is 1. The molecule has 0 radical (unpaired) electrons. The Morgan fingerprint density at radius 2 is 2.15 bits per heavy atom. The Kier molecular flexibility index (Phi) is 6.14. The third-order valence-corrected chi connectivity index (χ3v) is 5.90. The molecule has 0 spiro atoms. The van der Waals surface area contributed by atoms with E-state index in [1.165, 1.54) is 31.0 Å². The molecule has 1 heterocycles. The van der Waals surface area contributed by atoms with Gasteiger partial charge in [0.2, 0.25) is 5.91 Å². The van der Waals surface area contributed by atoms with E-state index in [9.17, 15) is 9.59 Å². The molecule has 26 heavy (non-hydrogen) atoms. The van der Waals surface area contributed by atoms with Gasteiger partial charge < -0.3 is 5.32 Å². The van der Waals surface area contributed by atoms with Gasteiger partial charge in [0.1, 0.15) is 0 Å². The minimum atomic E-state index is -0.0979. The molecule has 1 aliphatic rings. The molecule has 1 amide bonds. The first-order valence-corrected chi connectivity index (χ1v) is 10.1. The molecule has 1 aromatic carbocycles. The van der Waals surface area contributed by atoms with Crippen molar-refractivity contribution in [3.05, 3.63) is 47.3 Å². The first kappa shape index (κ1) is 18.7. The lowest BCUT2D eigenvalue weighted by Gasteiger charge is -2.29. The van der Waals surface area contributed by atoms with Gasteiger partial charge in [-0.05, 0) is 30.9 Å². The number of carbonyl (C=O) groups excluding carboxylic acids is 1. The van der Waals surface area contributed by atoms with Crippen LogP contribution in [0.4, 0.5) is 0 Å². The minimum absolute atomic E-state index is 0.00121. The number of fused-ring (bicyclic) bond motifs is 1. The Labute approximate surface area is 157 Å². The number of aromatic nitrogens is 2. The van der Waals surface area contributed by atoms with Crippen LogP contribution in [0.2, 0.25) is 0 Å². The molecule has 6 heteroatoms. The number of allylic oxidation sites excluding steroid dienone is 1. The molecular formula is C20H25N3O2S. The molecule has 2 atom stereocenters. The highest BCUT2D eigenvalue weighted by atomic mass is 32.2. The quantitative estimate of drug-likeness (QED) is 0.480. The van der Waals surface area contributed by atoms with Crippen molar-refractivity contribution >= 4 is 28.6 Å². The third-order valence-electron chi connectivity index (χ3n) is 4.93. The van der Waals surface area contributed by atoms with Gasteiger partial charge in [-0.3, -0.25) is 14.2 Å². The van der Waals surface area contributed by atoms with Crippen molar-refractivity contribution < 1.29 is 4.79 Å². The summed E-state index contributed by atoms with van der Waals surface area (Å²) >= 11 is 1.31. The van der Waals surface area contributed by atoms with Crippen LogP contribution in [0.3, 0.4) is 0 Å². The van der Waals surface area contributed by atoms with Crippen LogP contribution in [-0.4, -0.2) is 27.3 Å². The average molecular weight is 372 g/mol. The van der Waals surface area contributed by atoms with Gasteiger partial charge in [-0.15, -0.1) is 6.58 Å². The molecule has 0 saturated heterocycles. The molecule has 3 rings (SSSR count). The van der Waals surface area contributed by atoms with Gasteiger partial charge in [0.05, 0.1) is 16.7 Å². The molecule has 1 saturated carbocycles. The van der Waals surface area contributed by atoms with Crippen LogP contribution in [0, 0.1) is 5.92 Å². The summed E-state index contributed by atoms with van der Waals surface area (Å²) < 4.78 is 1.58. The number of benzene rings is 1. The van der Waals surface area contributed by atoms with E-state index >= 15 is 0 Å². The number of rotatable bonds is 6. The van der Waals surface area contributed by atoms with Crippen LogP contribution in [0.25, 0.3) is 10.9 Å². The second-order valence-electron chi connectivity index (χ2n) is 6.84. The zero-order valence-electron chi connectivity index (χ0n) is 15.1. The first-order chi connectivity index (χ1) is 12.6. The normalized spacial score (nSPS) is 20.0. The number of thioether (sulfide) groups is 1. The monoisotopic (exact) mass is 371 g/mol. The SMILES string of the molecule is C=CCn1c(SCC(=O)NC2CCCCC2C)nc2ccccc2c1=O. The number of amides is 1. The van der Waals surface area contributed by atoms with Crippen LogP contribution in [0.5, 0.6) is 0 Å². The van der Waals surface area contributed by atoms with Crippen LogP contribution in [0.1, 0.15) is 32.6 Å². The minimum Gasteiger partial charge on any atom is -0.352 e. The number of carbonyl (C=O) groups is 1. The zero-order valence-corrected chi connectivity index (χ0v) is 15.9. The third kappa shape index (κ3) is 4.18. The van der Waals surface area contributed by atoms with E-state index in [2.05, 4.69) is 23.8 Å². The standard InChI is InChI=1S/C20H25N3O2S/c1-3-12-23-19(25)15-9-5-7-11-17(15)22-20(23)26-13-18(24)21-16-10-6-4-8-14(16)2/h3,5,7,9,11,14,16H,1,4,6,8,10,12-13H2,2H3,(H,21,24). The molecule has 1 aromatic heterocycles. The van der Waals surface area contributed by atoms with Gasteiger partial charge in [-0.25, -0.2) is 4.98 Å². The Bertz CT molecular complexity index is 862. The molecule has 1 aliphatic carbocycles. The van der Waals surface area contributed by atoms with E-state index in [-0.39, 0.29) is 23.3 Å². The molecule has 0 bridgehead atoms. The second kappa shape index (κ2) is 8.54. The smallest absolute Gasteiger partial charge is 0.262 e. The van der Waals surface area contributed by atoms with E-state index in [4.69, 9.17) is 0 Å². The van der Waals surface area contributed by atoms with Crippen molar-refractivity contribution in [1.82, 2.24) is 14.9 Å². The molecule has 2 unspecified atom stereocenters. The van der Waals surface area contributed by atoms with Crippen molar-refractivity contribution in [2.24, 2.45) is 5.92 Å². The predicted molar refractivity (Wildman–Crippen MR) is 106 cm³/mol. The highest BCUT2D eigenvalue weighted by Crippen LogP contribution is 2.24. The van der Waals surface area contributed by atoms with Gasteiger partial charge in [0, 0.05) is 12.6 Å². The first-order valence-electron chi connectivity index (χ1n) is 9.12. The average Bonchev–Trinajstić information content (AvgIpc) is 2.64. The largest absolute Gasteiger partial charge is 0.352 e. The highest BCUT2D eigenvalue weighted by molar-refractivity contribution is 7.99. The van der Waals surface area contributed by atoms with Crippen LogP contribution in [-0.2, 0) is 11.3 Å². The van der Waals surface area contributed by atoms with Crippen molar-refractivity contribution in [3.8, 4) is 0 Å². The fourth-order valence-electron chi connectivity index (χ4n) is 3.46. The van der Waals surface area contributed by atoms with Crippen LogP contribution >= 0.6 is 11.8 Å². The van der Waals surface area contributed by atoms with Gasteiger partial charge >= 0.3 is 0 Å². The van der Waals surface area contributed by atoms with Gasteiger partial charge in [-0.1, -0.05) is 49.7 Å². The molecule has 1 N–H and O–H groups in total. The summed E-state index contributed by atoms with van der Waals surface area (Å²) in [6, 6.07) is 7.54. The number of nitrogens with one attached hydrogen (secondary N) is 1. The van der Waals surface area contributed by atoms with E-state index in [1.807, 2.05) is 18.2 Å². The van der Waals surface area contributed by atoms with E-state index in [1.54, 1.807) is 16.7 Å². The van der Waals surface area contributed by atoms with E-state index in [0.29, 0.717) is 28.5 Å². The summed E-state index contributed by atoms with van der Waals surface area (Å²) in [5.74, 6) is 0.780. The van der Waals surface area contributed by atoms with Crippen LogP contribution in [0.15, 0.2) is 46.9 Å². The van der Waals surface area contributed by atoms with Crippen molar-refractivity contribution in [3.63, 3.8) is 0 Å². The lowest BCUT2D eigenvalue weighted by molar-refractivity contribution is -0.119. The van der Waals surface area contributed by atoms with Crippen LogP contribution < -0.4 is 10.9 Å². The van der Waals surface area contributed by atoms with E-state index < -0.39 is 0 Å². The van der Waals surface area contributed by atoms with Crippen molar-refractivity contribution in [2.75, 3.05) is 5.75 Å². The van der Waals surface area contributed by atoms with Crippen molar-refractivity contribution in [1.29, 1.82) is 0 Å². The predicted octanol–water partition coefficient (Wildman–Crippen LogP) is 3.37. The van der Waals surface area contributed by atoms with Gasteiger partial charge in [0.15, 0.2) is 5.16 Å². The Balaban J connectivity index is 1.75. The molecule has 5 nitrogen and oxygen atoms in total. The topological polar surface area (TPSA) is 64.0 Å². The van der Waals surface area contributed by atoms with Gasteiger partial charge in [0.25, 0.3) is 5.56 Å². The maximum atomic E-state index is 12.7. The molecule has 1 fully saturated rings. The summed E-state index contributed by atoms with van der Waals surface area (Å²) in [5, 5.41) is 4.29. The lowest BCUT2D eigenvalue weighted by Crippen LogP contribution is -2.41. The number of nitrogens with zero attached hydrogens (tertiary/aromatic N) is 2. The fraction of sp³-hybridized carbons (Fsp3) is 0.450. The molecule has 138 valence electrons. The molecule has 0 aliphatic heterocycles.